The molecule has 2 aromatic carbocycles. The number of rotatable bonds is 6. The first kappa shape index (κ1) is 18.8. The fourth-order valence-electron chi connectivity index (χ4n) is 3.45. The zero-order valence-electron chi connectivity index (χ0n) is 16.3. The summed E-state index contributed by atoms with van der Waals surface area (Å²) in [5, 5.41) is 9.34. The van der Waals surface area contributed by atoms with Crippen LogP contribution in [0.5, 0.6) is 0 Å². The Morgan fingerprint density at radius 1 is 1.00 bits per heavy atom. The highest BCUT2D eigenvalue weighted by atomic mass is 16.2. The van der Waals surface area contributed by atoms with Crippen molar-refractivity contribution in [3.8, 4) is 0 Å². The summed E-state index contributed by atoms with van der Waals surface area (Å²) in [5.74, 6) is -0.358. The molecule has 0 aliphatic heterocycles. The molecule has 0 aliphatic rings. The number of para-hydroxylation sites is 1. The van der Waals surface area contributed by atoms with Crippen LogP contribution in [0.4, 0.5) is 5.69 Å². The minimum atomic E-state index is -0.358. The number of nitrogens with zero attached hydrogens (tertiary/aromatic N) is 3. The molecule has 2 heterocycles. The summed E-state index contributed by atoms with van der Waals surface area (Å²) in [4.78, 5) is 30.3. The summed E-state index contributed by atoms with van der Waals surface area (Å²) in [6, 6.07) is 16.5. The van der Waals surface area contributed by atoms with Gasteiger partial charge in [0.15, 0.2) is 5.69 Å². The summed E-state index contributed by atoms with van der Waals surface area (Å²) in [5.41, 5.74) is 1.40. The van der Waals surface area contributed by atoms with Crippen molar-refractivity contribution in [2.45, 2.75) is 32.7 Å². The van der Waals surface area contributed by atoms with Crippen LogP contribution in [0.2, 0.25) is 0 Å². The molecule has 0 fully saturated rings. The minimum absolute atomic E-state index is 0.167. The number of fused-ring (bicyclic) bond motifs is 2. The first-order valence-electron chi connectivity index (χ1n) is 9.84. The molecule has 2 aromatic heterocycles. The van der Waals surface area contributed by atoms with E-state index in [4.69, 9.17) is 0 Å². The molecule has 1 amide bonds. The van der Waals surface area contributed by atoms with Crippen LogP contribution in [-0.4, -0.2) is 20.7 Å². The van der Waals surface area contributed by atoms with Crippen LogP contribution >= 0.6 is 0 Å². The second kappa shape index (κ2) is 8.22. The Balaban J connectivity index is 1.76. The van der Waals surface area contributed by atoms with Crippen molar-refractivity contribution in [2.24, 2.45) is 0 Å². The van der Waals surface area contributed by atoms with E-state index in [-0.39, 0.29) is 17.2 Å². The van der Waals surface area contributed by atoms with E-state index < -0.39 is 0 Å². The molecule has 146 valence electrons. The Bertz CT molecular complexity index is 1240. The highest BCUT2D eigenvalue weighted by Crippen LogP contribution is 2.22. The molecule has 29 heavy (non-hydrogen) atoms. The number of anilines is 1. The van der Waals surface area contributed by atoms with Gasteiger partial charge in [0.1, 0.15) is 0 Å². The Morgan fingerprint density at radius 3 is 2.62 bits per heavy atom. The first-order chi connectivity index (χ1) is 14.2. The van der Waals surface area contributed by atoms with Gasteiger partial charge in [-0.05, 0) is 24.6 Å². The third kappa shape index (κ3) is 3.74. The maximum absolute atomic E-state index is 13.1. The van der Waals surface area contributed by atoms with Gasteiger partial charge in [0.05, 0.1) is 16.6 Å². The van der Waals surface area contributed by atoms with Gasteiger partial charge in [-0.3, -0.25) is 14.6 Å². The van der Waals surface area contributed by atoms with Crippen molar-refractivity contribution in [1.82, 2.24) is 14.8 Å². The lowest BCUT2D eigenvalue weighted by atomic mass is 10.1. The molecular formula is C23H22N4O2. The zero-order chi connectivity index (χ0) is 20.2. The van der Waals surface area contributed by atoms with Crippen molar-refractivity contribution in [3.05, 3.63) is 76.8 Å². The predicted octanol–water partition coefficient (Wildman–Crippen LogP) is 4.39. The number of hydrogen-bond donors (Lipinski definition) is 1. The molecule has 0 unspecified atom stereocenters. The van der Waals surface area contributed by atoms with Crippen molar-refractivity contribution in [3.63, 3.8) is 0 Å². The smallest absolute Gasteiger partial charge is 0.276 e. The van der Waals surface area contributed by atoms with E-state index >= 15 is 0 Å². The zero-order valence-corrected chi connectivity index (χ0v) is 16.3. The summed E-state index contributed by atoms with van der Waals surface area (Å²) < 4.78 is 1.41. The highest BCUT2D eigenvalue weighted by Gasteiger charge is 2.17. The molecule has 0 atom stereocenters. The van der Waals surface area contributed by atoms with Gasteiger partial charge in [-0.25, -0.2) is 4.68 Å². The lowest BCUT2D eigenvalue weighted by molar-refractivity contribution is 0.102. The summed E-state index contributed by atoms with van der Waals surface area (Å²) in [6.45, 7) is 2.60. The average Bonchev–Trinajstić information content (AvgIpc) is 2.76. The molecule has 0 radical (unpaired) electrons. The normalized spacial score (nSPS) is 11.1. The van der Waals surface area contributed by atoms with Gasteiger partial charge in [0.2, 0.25) is 0 Å². The first-order valence-corrected chi connectivity index (χ1v) is 9.84. The topological polar surface area (TPSA) is 76.9 Å². The summed E-state index contributed by atoms with van der Waals surface area (Å²) in [7, 11) is 0. The fraction of sp³-hybridized carbons (Fsp3) is 0.217. The van der Waals surface area contributed by atoms with Crippen molar-refractivity contribution >= 4 is 33.3 Å². The quantitative estimate of drug-likeness (QED) is 0.499. The van der Waals surface area contributed by atoms with Gasteiger partial charge in [-0.1, -0.05) is 56.2 Å². The molecule has 0 spiro atoms. The summed E-state index contributed by atoms with van der Waals surface area (Å²) in [6.07, 6.45) is 4.59. The maximum Gasteiger partial charge on any atom is 0.276 e. The molecular weight excluding hydrogens is 364 g/mol. The largest absolute Gasteiger partial charge is 0.319 e. The highest BCUT2D eigenvalue weighted by molar-refractivity contribution is 6.13. The van der Waals surface area contributed by atoms with E-state index in [0.717, 1.165) is 24.6 Å². The van der Waals surface area contributed by atoms with Gasteiger partial charge in [0.25, 0.3) is 11.5 Å². The SMILES string of the molecule is CCCCCn1nc(C(=O)Nc2cccc3cccnc23)c2ccccc2c1=O. The number of benzene rings is 2. The lowest BCUT2D eigenvalue weighted by Crippen LogP contribution is -2.27. The number of carbonyl (C=O) groups is 1. The average molecular weight is 386 g/mol. The van der Waals surface area contributed by atoms with Crippen molar-refractivity contribution < 1.29 is 4.79 Å². The second-order valence-electron chi connectivity index (χ2n) is 6.96. The summed E-state index contributed by atoms with van der Waals surface area (Å²) >= 11 is 0. The van der Waals surface area contributed by atoms with Crippen LogP contribution in [0.1, 0.15) is 36.7 Å². The standard InChI is InChI=1S/C23H22N4O2/c1-2-3-6-15-27-23(29)18-12-5-4-11-17(18)21(26-27)22(28)25-19-13-7-9-16-10-8-14-24-20(16)19/h4-5,7-14H,2-3,6,15H2,1H3,(H,25,28). The van der Waals surface area contributed by atoms with Gasteiger partial charge >= 0.3 is 0 Å². The van der Waals surface area contributed by atoms with Gasteiger partial charge < -0.3 is 5.32 Å². The van der Waals surface area contributed by atoms with Crippen molar-refractivity contribution in [2.75, 3.05) is 5.32 Å². The Labute approximate surface area is 168 Å². The van der Waals surface area contributed by atoms with Crippen LogP contribution in [-0.2, 0) is 6.54 Å². The Morgan fingerprint density at radius 2 is 1.79 bits per heavy atom. The third-order valence-electron chi connectivity index (χ3n) is 4.94. The molecule has 0 aliphatic carbocycles. The van der Waals surface area contributed by atoms with Gasteiger partial charge in [-0.15, -0.1) is 0 Å². The van der Waals surface area contributed by atoms with E-state index in [1.165, 1.54) is 4.68 Å². The lowest BCUT2D eigenvalue weighted by Gasteiger charge is -2.12. The van der Waals surface area contributed by atoms with Gasteiger partial charge in [0, 0.05) is 23.5 Å². The van der Waals surface area contributed by atoms with Gasteiger partial charge in [-0.2, -0.15) is 5.10 Å². The third-order valence-corrected chi connectivity index (χ3v) is 4.94. The van der Waals surface area contributed by atoms with Crippen LogP contribution in [0, 0.1) is 0 Å². The molecule has 6 heteroatoms. The number of aryl methyl sites for hydroxylation is 1. The van der Waals surface area contributed by atoms with Crippen LogP contribution < -0.4 is 10.9 Å². The van der Waals surface area contributed by atoms with E-state index in [1.807, 2.05) is 30.3 Å². The number of carbonyl (C=O) groups excluding carboxylic acids is 1. The Kier molecular flexibility index (Phi) is 5.33. The Hall–Kier alpha value is -3.54. The minimum Gasteiger partial charge on any atom is -0.319 e. The van der Waals surface area contributed by atoms with Crippen LogP contribution in [0.25, 0.3) is 21.7 Å². The number of aromatic nitrogens is 3. The molecule has 0 saturated carbocycles. The number of amides is 1. The molecule has 4 aromatic rings. The molecule has 0 bridgehead atoms. The monoisotopic (exact) mass is 386 g/mol. The van der Waals surface area contributed by atoms with Crippen LogP contribution in [0.15, 0.2) is 65.6 Å². The van der Waals surface area contributed by atoms with E-state index in [1.54, 1.807) is 30.5 Å². The maximum atomic E-state index is 13.1. The molecule has 6 nitrogen and oxygen atoms in total. The molecule has 0 saturated heterocycles. The van der Waals surface area contributed by atoms with Crippen molar-refractivity contribution in [1.29, 1.82) is 0 Å². The molecule has 1 N–H and O–H groups in total. The van der Waals surface area contributed by atoms with E-state index in [2.05, 4.69) is 22.3 Å². The van der Waals surface area contributed by atoms with Crippen LogP contribution in [0.3, 0.4) is 0 Å². The number of nitrogens with one attached hydrogen (secondary N) is 1. The number of hydrogen-bond acceptors (Lipinski definition) is 4. The fourth-order valence-corrected chi connectivity index (χ4v) is 3.45. The second-order valence-corrected chi connectivity index (χ2v) is 6.96. The number of unbranched alkanes of at least 4 members (excludes halogenated alkanes) is 2. The van der Waals surface area contributed by atoms with E-state index in [9.17, 15) is 9.59 Å². The number of pyridine rings is 1. The predicted molar refractivity (Wildman–Crippen MR) is 115 cm³/mol. The molecule has 4 rings (SSSR count). The van der Waals surface area contributed by atoms with E-state index in [0.29, 0.717) is 28.5 Å².